The minimum absolute atomic E-state index is 0.451. The van der Waals surface area contributed by atoms with Crippen molar-refractivity contribution in [1.29, 1.82) is 0 Å². The van der Waals surface area contributed by atoms with E-state index in [-0.39, 0.29) is 0 Å². The van der Waals surface area contributed by atoms with Crippen LogP contribution in [0.3, 0.4) is 0 Å². The van der Waals surface area contributed by atoms with E-state index in [4.69, 9.17) is 0 Å². The highest BCUT2D eigenvalue weighted by Gasteiger charge is 2.08. The van der Waals surface area contributed by atoms with Gasteiger partial charge in [0.2, 0.25) is 0 Å². The Balaban J connectivity index is 2.54. The largest absolute Gasteiger partial charge is 0.268 e. The van der Waals surface area contributed by atoms with Gasteiger partial charge < -0.3 is 0 Å². The average Bonchev–Trinajstić information content (AvgIpc) is 2.63. The number of hydrogen-bond acceptors (Lipinski definition) is 2. The zero-order valence-corrected chi connectivity index (χ0v) is 10.2. The topological polar surface area (TPSA) is 30.7 Å². The Morgan fingerprint density at radius 2 is 2.00 bits per heavy atom. The molecule has 0 bridgehead atoms. The number of hydrogen-bond donors (Lipinski definition) is 0. The van der Waals surface area contributed by atoms with Gasteiger partial charge in [0.1, 0.15) is 0 Å². The second-order valence-corrected chi connectivity index (χ2v) is 4.42. The SMILES string of the molecule is Cc1cc(-c2ccnn2C)cc(C(C)C)n1. The van der Waals surface area contributed by atoms with E-state index in [1.807, 2.05) is 30.9 Å². The lowest BCUT2D eigenvalue weighted by atomic mass is 10.0. The molecule has 0 aliphatic carbocycles. The second kappa shape index (κ2) is 4.08. The number of aromatic nitrogens is 3. The van der Waals surface area contributed by atoms with Gasteiger partial charge in [-0.25, -0.2) is 0 Å². The highest BCUT2D eigenvalue weighted by Crippen LogP contribution is 2.23. The summed E-state index contributed by atoms with van der Waals surface area (Å²) in [5.41, 5.74) is 4.52. The van der Waals surface area contributed by atoms with Crippen molar-refractivity contribution >= 4 is 0 Å². The third-order valence-electron chi connectivity index (χ3n) is 2.68. The van der Waals surface area contributed by atoms with Gasteiger partial charge >= 0.3 is 0 Å². The van der Waals surface area contributed by atoms with Crippen molar-refractivity contribution in [1.82, 2.24) is 14.8 Å². The van der Waals surface area contributed by atoms with E-state index in [0.29, 0.717) is 5.92 Å². The lowest BCUT2D eigenvalue weighted by Crippen LogP contribution is -1.98. The molecule has 3 nitrogen and oxygen atoms in total. The first-order valence-corrected chi connectivity index (χ1v) is 5.55. The van der Waals surface area contributed by atoms with Gasteiger partial charge in [0, 0.05) is 30.2 Å². The number of rotatable bonds is 2. The molecule has 0 saturated carbocycles. The Morgan fingerprint density at radius 3 is 2.56 bits per heavy atom. The summed E-state index contributed by atoms with van der Waals surface area (Å²) in [6.07, 6.45) is 1.82. The van der Waals surface area contributed by atoms with Gasteiger partial charge in [-0.05, 0) is 31.0 Å². The molecule has 0 fully saturated rings. The Bertz CT molecular complexity index is 498. The maximum atomic E-state index is 4.54. The smallest absolute Gasteiger partial charge is 0.0680 e. The van der Waals surface area contributed by atoms with E-state index in [0.717, 1.165) is 17.1 Å². The molecule has 0 saturated heterocycles. The molecular weight excluding hydrogens is 198 g/mol. The predicted octanol–water partition coefficient (Wildman–Crippen LogP) is 2.91. The van der Waals surface area contributed by atoms with Crippen molar-refractivity contribution in [2.75, 3.05) is 0 Å². The summed E-state index contributed by atoms with van der Waals surface area (Å²) >= 11 is 0. The first-order valence-electron chi connectivity index (χ1n) is 5.55. The molecule has 0 aliphatic rings. The standard InChI is InChI=1S/C13H17N3/c1-9(2)12-8-11(7-10(3)15-12)13-5-6-14-16(13)4/h5-9H,1-4H3. The first-order chi connectivity index (χ1) is 7.58. The maximum Gasteiger partial charge on any atom is 0.0680 e. The second-order valence-electron chi connectivity index (χ2n) is 4.42. The Kier molecular flexibility index (Phi) is 2.77. The van der Waals surface area contributed by atoms with Gasteiger partial charge in [-0.15, -0.1) is 0 Å². The van der Waals surface area contributed by atoms with Gasteiger partial charge in [0.05, 0.1) is 5.69 Å². The van der Waals surface area contributed by atoms with Crippen molar-refractivity contribution in [3.05, 3.63) is 35.8 Å². The molecule has 16 heavy (non-hydrogen) atoms. The normalized spacial score (nSPS) is 11.1. The Hall–Kier alpha value is -1.64. The fourth-order valence-corrected chi connectivity index (χ4v) is 1.79. The van der Waals surface area contributed by atoms with E-state index in [2.05, 4.69) is 36.1 Å². The zero-order valence-electron chi connectivity index (χ0n) is 10.2. The summed E-state index contributed by atoms with van der Waals surface area (Å²) in [4.78, 5) is 4.54. The first kappa shape index (κ1) is 10.9. The van der Waals surface area contributed by atoms with Gasteiger partial charge in [-0.1, -0.05) is 13.8 Å². The summed E-state index contributed by atoms with van der Waals surface area (Å²) in [5.74, 6) is 0.451. The molecule has 2 aromatic rings. The monoisotopic (exact) mass is 215 g/mol. The molecule has 0 spiro atoms. The number of pyridine rings is 1. The summed E-state index contributed by atoms with van der Waals surface area (Å²) < 4.78 is 1.89. The Labute approximate surface area is 96.1 Å². The molecule has 0 atom stereocenters. The van der Waals surface area contributed by atoms with Crippen LogP contribution in [-0.2, 0) is 7.05 Å². The van der Waals surface area contributed by atoms with Crippen LogP contribution in [0, 0.1) is 6.92 Å². The lowest BCUT2D eigenvalue weighted by molar-refractivity contribution is 0.773. The molecule has 84 valence electrons. The molecule has 2 heterocycles. The van der Waals surface area contributed by atoms with Crippen LogP contribution in [0.15, 0.2) is 24.4 Å². The molecule has 2 rings (SSSR count). The fourth-order valence-electron chi connectivity index (χ4n) is 1.79. The van der Waals surface area contributed by atoms with Crippen LogP contribution in [0.1, 0.15) is 31.2 Å². The molecule has 0 aliphatic heterocycles. The summed E-state index contributed by atoms with van der Waals surface area (Å²) in [7, 11) is 1.96. The molecule has 0 radical (unpaired) electrons. The van der Waals surface area contributed by atoms with Gasteiger partial charge in [0.15, 0.2) is 0 Å². The Morgan fingerprint density at radius 1 is 1.25 bits per heavy atom. The molecule has 0 aromatic carbocycles. The van der Waals surface area contributed by atoms with Crippen LogP contribution in [0.25, 0.3) is 11.3 Å². The molecule has 0 N–H and O–H groups in total. The minimum Gasteiger partial charge on any atom is -0.268 e. The highest BCUT2D eigenvalue weighted by atomic mass is 15.3. The number of aryl methyl sites for hydroxylation is 2. The van der Waals surface area contributed by atoms with Crippen LogP contribution < -0.4 is 0 Å². The van der Waals surface area contributed by atoms with E-state index in [9.17, 15) is 0 Å². The highest BCUT2D eigenvalue weighted by molar-refractivity contribution is 5.60. The lowest BCUT2D eigenvalue weighted by Gasteiger charge is -2.09. The minimum atomic E-state index is 0.451. The van der Waals surface area contributed by atoms with Gasteiger partial charge in [0.25, 0.3) is 0 Å². The fraction of sp³-hybridized carbons (Fsp3) is 0.385. The summed E-state index contributed by atoms with van der Waals surface area (Å²) in [6.45, 7) is 6.36. The molecule has 0 amide bonds. The van der Waals surface area contributed by atoms with E-state index >= 15 is 0 Å². The average molecular weight is 215 g/mol. The maximum absolute atomic E-state index is 4.54. The summed E-state index contributed by atoms with van der Waals surface area (Å²) in [6, 6.07) is 6.27. The molecule has 3 heteroatoms. The van der Waals surface area contributed by atoms with Crippen LogP contribution in [0.2, 0.25) is 0 Å². The third-order valence-corrected chi connectivity index (χ3v) is 2.68. The van der Waals surface area contributed by atoms with Crippen LogP contribution >= 0.6 is 0 Å². The van der Waals surface area contributed by atoms with Crippen molar-refractivity contribution in [2.24, 2.45) is 7.05 Å². The van der Waals surface area contributed by atoms with Crippen LogP contribution in [0.5, 0.6) is 0 Å². The van der Waals surface area contributed by atoms with Crippen molar-refractivity contribution in [3.63, 3.8) is 0 Å². The third kappa shape index (κ3) is 1.98. The van der Waals surface area contributed by atoms with Gasteiger partial charge in [-0.3, -0.25) is 9.67 Å². The predicted molar refractivity (Wildman–Crippen MR) is 65.3 cm³/mol. The zero-order chi connectivity index (χ0) is 11.7. The van der Waals surface area contributed by atoms with E-state index in [1.54, 1.807) is 0 Å². The summed E-state index contributed by atoms with van der Waals surface area (Å²) in [5, 5.41) is 4.19. The van der Waals surface area contributed by atoms with E-state index in [1.165, 1.54) is 5.56 Å². The van der Waals surface area contributed by atoms with Gasteiger partial charge in [-0.2, -0.15) is 5.10 Å². The van der Waals surface area contributed by atoms with E-state index < -0.39 is 0 Å². The van der Waals surface area contributed by atoms with Crippen molar-refractivity contribution in [3.8, 4) is 11.3 Å². The van der Waals surface area contributed by atoms with Crippen molar-refractivity contribution < 1.29 is 0 Å². The van der Waals surface area contributed by atoms with Crippen LogP contribution in [0.4, 0.5) is 0 Å². The molecular formula is C13H17N3. The van der Waals surface area contributed by atoms with Crippen LogP contribution in [-0.4, -0.2) is 14.8 Å². The number of nitrogens with zero attached hydrogens (tertiary/aromatic N) is 3. The quantitative estimate of drug-likeness (QED) is 0.771. The van der Waals surface area contributed by atoms with Crippen molar-refractivity contribution in [2.45, 2.75) is 26.7 Å². The molecule has 0 unspecified atom stereocenters. The molecule has 2 aromatic heterocycles.